The molecule has 0 bridgehead atoms. The van der Waals surface area contributed by atoms with Gasteiger partial charge < -0.3 is 5.32 Å². The fourth-order valence-corrected chi connectivity index (χ4v) is 2.90. The Labute approximate surface area is 129 Å². The number of anilines is 1. The molecule has 0 aliphatic carbocycles. The van der Waals surface area contributed by atoms with Gasteiger partial charge in [0, 0.05) is 15.3 Å². The van der Waals surface area contributed by atoms with E-state index in [1.807, 2.05) is 0 Å². The van der Waals surface area contributed by atoms with E-state index in [0.29, 0.717) is 6.04 Å². The first-order valence-electron chi connectivity index (χ1n) is 6.57. The normalized spacial score (nSPS) is 12.3. The highest BCUT2D eigenvalue weighted by molar-refractivity contribution is 14.1. The van der Waals surface area contributed by atoms with Gasteiger partial charge >= 0.3 is 0 Å². The highest BCUT2D eigenvalue weighted by Crippen LogP contribution is 2.25. The Kier molecular flexibility index (Phi) is 4.50. The maximum atomic E-state index is 3.58. The van der Waals surface area contributed by atoms with Gasteiger partial charge in [-0.2, -0.15) is 0 Å². The van der Waals surface area contributed by atoms with Crippen LogP contribution in [-0.4, -0.2) is 0 Å². The van der Waals surface area contributed by atoms with E-state index in [4.69, 9.17) is 0 Å². The van der Waals surface area contributed by atoms with Gasteiger partial charge in [-0.3, -0.25) is 0 Å². The van der Waals surface area contributed by atoms with Crippen LogP contribution in [0.5, 0.6) is 0 Å². The smallest absolute Gasteiger partial charge is 0.0488 e. The van der Waals surface area contributed by atoms with Crippen LogP contribution in [0, 0.1) is 24.3 Å². The molecule has 1 N–H and O–H groups in total. The molecule has 0 saturated heterocycles. The maximum absolute atomic E-state index is 3.58. The van der Waals surface area contributed by atoms with Crippen molar-refractivity contribution in [1.82, 2.24) is 0 Å². The number of rotatable bonds is 3. The van der Waals surface area contributed by atoms with Gasteiger partial charge in [-0.1, -0.05) is 18.2 Å². The lowest BCUT2D eigenvalue weighted by Crippen LogP contribution is -2.09. The molecule has 1 unspecified atom stereocenters. The van der Waals surface area contributed by atoms with Crippen molar-refractivity contribution in [3.8, 4) is 0 Å². The molecule has 2 aromatic carbocycles. The molecule has 2 heteroatoms. The second kappa shape index (κ2) is 5.95. The van der Waals surface area contributed by atoms with Crippen LogP contribution in [-0.2, 0) is 0 Å². The Bertz CT molecular complexity index is 590. The van der Waals surface area contributed by atoms with Crippen LogP contribution in [0.25, 0.3) is 0 Å². The molecule has 2 aromatic rings. The minimum atomic E-state index is 0.317. The summed E-state index contributed by atoms with van der Waals surface area (Å²) in [6, 6.07) is 13.4. The molecule has 1 atom stereocenters. The van der Waals surface area contributed by atoms with Gasteiger partial charge in [0.1, 0.15) is 0 Å². The molecule has 0 amide bonds. The van der Waals surface area contributed by atoms with E-state index in [9.17, 15) is 0 Å². The predicted molar refractivity (Wildman–Crippen MR) is 91.8 cm³/mol. The number of halogens is 1. The second-order valence-electron chi connectivity index (χ2n) is 5.17. The fourth-order valence-electron chi connectivity index (χ4n) is 2.36. The summed E-state index contributed by atoms with van der Waals surface area (Å²) < 4.78 is 1.26. The number of hydrogen-bond donors (Lipinski definition) is 1. The summed E-state index contributed by atoms with van der Waals surface area (Å²) >= 11 is 2.34. The van der Waals surface area contributed by atoms with E-state index < -0.39 is 0 Å². The monoisotopic (exact) mass is 365 g/mol. The van der Waals surface area contributed by atoms with Gasteiger partial charge in [-0.25, -0.2) is 0 Å². The summed E-state index contributed by atoms with van der Waals surface area (Å²) in [4.78, 5) is 0. The average molecular weight is 365 g/mol. The largest absolute Gasteiger partial charge is 0.378 e. The summed E-state index contributed by atoms with van der Waals surface area (Å²) in [5.41, 5.74) is 6.63. The molecular weight excluding hydrogens is 345 g/mol. The van der Waals surface area contributed by atoms with E-state index in [2.05, 4.69) is 92.0 Å². The minimum absolute atomic E-state index is 0.317. The van der Waals surface area contributed by atoms with Crippen molar-refractivity contribution in [2.24, 2.45) is 0 Å². The topological polar surface area (TPSA) is 12.0 Å². The molecule has 100 valence electrons. The maximum Gasteiger partial charge on any atom is 0.0488 e. The lowest BCUT2D eigenvalue weighted by atomic mass is 9.96. The van der Waals surface area contributed by atoms with Crippen LogP contribution >= 0.6 is 22.6 Å². The lowest BCUT2D eigenvalue weighted by molar-refractivity contribution is 0.870. The van der Waals surface area contributed by atoms with Crippen LogP contribution < -0.4 is 5.32 Å². The van der Waals surface area contributed by atoms with Crippen molar-refractivity contribution in [2.75, 3.05) is 5.32 Å². The summed E-state index contributed by atoms with van der Waals surface area (Å²) in [5.74, 6) is 0. The first-order valence-corrected chi connectivity index (χ1v) is 7.65. The highest BCUT2D eigenvalue weighted by atomic mass is 127. The summed E-state index contributed by atoms with van der Waals surface area (Å²) in [7, 11) is 0. The molecule has 0 saturated carbocycles. The SMILES string of the molecule is Cc1cc(C)c(C(C)Nc2cccc(I)c2)cc1C. The number of benzene rings is 2. The third-order valence-corrected chi connectivity index (χ3v) is 4.23. The van der Waals surface area contributed by atoms with Crippen molar-refractivity contribution >= 4 is 28.3 Å². The molecule has 0 heterocycles. The molecule has 0 fully saturated rings. The second-order valence-corrected chi connectivity index (χ2v) is 6.42. The summed E-state index contributed by atoms with van der Waals surface area (Å²) in [6.07, 6.45) is 0. The standard InChI is InChI=1S/C17H20IN/c1-11-8-13(3)17(9-12(11)2)14(4)19-16-7-5-6-15(18)10-16/h5-10,14,19H,1-4H3. The van der Waals surface area contributed by atoms with E-state index in [1.54, 1.807) is 0 Å². The Balaban J connectivity index is 2.25. The molecule has 0 aliphatic rings. The zero-order chi connectivity index (χ0) is 14.0. The number of nitrogens with one attached hydrogen (secondary N) is 1. The molecule has 2 rings (SSSR count). The molecular formula is C17H20IN. The molecule has 0 aliphatic heterocycles. The predicted octanol–water partition coefficient (Wildman–Crippen LogP) is 5.39. The molecule has 19 heavy (non-hydrogen) atoms. The zero-order valence-electron chi connectivity index (χ0n) is 11.9. The molecule has 0 aromatic heterocycles. The Hall–Kier alpha value is -1.03. The summed E-state index contributed by atoms with van der Waals surface area (Å²) in [6.45, 7) is 8.76. The first-order chi connectivity index (χ1) is 8.97. The van der Waals surface area contributed by atoms with Crippen molar-refractivity contribution in [2.45, 2.75) is 33.7 Å². The van der Waals surface area contributed by atoms with Crippen LogP contribution in [0.15, 0.2) is 36.4 Å². The van der Waals surface area contributed by atoms with Crippen LogP contribution in [0.2, 0.25) is 0 Å². The zero-order valence-corrected chi connectivity index (χ0v) is 14.1. The minimum Gasteiger partial charge on any atom is -0.378 e. The third kappa shape index (κ3) is 3.50. The molecule has 0 spiro atoms. The lowest BCUT2D eigenvalue weighted by Gasteiger charge is -2.19. The van der Waals surface area contributed by atoms with E-state index in [-0.39, 0.29) is 0 Å². The quantitative estimate of drug-likeness (QED) is 0.720. The van der Waals surface area contributed by atoms with Crippen molar-refractivity contribution in [3.63, 3.8) is 0 Å². The van der Waals surface area contributed by atoms with Crippen LogP contribution in [0.4, 0.5) is 5.69 Å². The van der Waals surface area contributed by atoms with E-state index in [1.165, 1.54) is 31.5 Å². The first kappa shape index (κ1) is 14.4. The van der Waals surface area contributed by atoms with E-state index >= 15 is 0 Å². The van der Waals surface area contributed by atoms with Crippen molar-refractivity contribution in [1.29, 1.82) is 0 Å². The van der Waals surface area contributed by atoms with Gasteiger partial charge in [0.05, 0.1) is 0 Å². The van der Waals surface area contributed by atoms with E-state index in [0.717, 1.165) is 0 Å². The van der Waals surface area contributed by atoms with Gasteiger partial charge in [0.15, 0.2) is 0 Å². The van der Waals surface area contributed by atoms with Gasteiger partial charge in [0.25, 0.3) is 0 Å². The van der Waals surface area contributed by atoms with Crippen molar-refractivity contribution in [3.05, 3.63) is 62.2 Å². The Morgan fingerprint density at radius 1 is 0.947 bits per heavy atom. The highest BCUT2D eigenvalue weighted by Gasteiger charge is 2.10. The van der Waals surface area contributed by atoms with Crippen LogP contribution in [0.3, 0.4) is 0 Å². The Morgan fingerprint density at radius 2 is 1.63 bits per heavy atom. The van der Waals surface area contributed by atoms with Gasteiger partial charge in [0.2, 0.25) is 0 Å². The molecule has 0 radical (unpaired) electrons. The van der Waals surface area contributed by atoms with Crippen molar-refractivity contribution < 1.29 is 0 Å². The number of aryl methyl sites for hydroxylation is 3. The molecule has 1 nitrogen and oxygen atoms in total. The van der Waals surface area contributed by atoms with Gasteiger partial charge in [-0.15, -0.1) is 0 Å². The van der Waals surface area contributed by atoms with Gasteiger partial charge in [-0.05, 0) is 90.7 Å². The summed E-state index contributed by atoms with van der Waals surface area (Å²) in [5, 5.41) is 3.58. The number of hydrogen-bond acceptors (Lipinski definition) is 1. The average Bonchev–Trinajstić information content (AvgIpc) is 2.33. The fraction of sp³-hybridized carbons (Fsp3) is 0.294. The third-order valence-electron chi connectivity index (χ3n) is 3.56. The Morgan fingerprint density at radius 3 is 2.32 bits per heavy atom. The van der Waals surface area contributed by atoms with Crippen LogP contribution in [0.1, 0.15) is 35.2 Å².